The molecule has 1 aromatic carbocycles. The summed E-state index contributed by atoms with van der Waals surface area (Å²) in [5.41, 5.74) is 1.44. The van der Waals surface area contributed by atoms with Crippen molar-refractivity contribution < 1.29 is 9.21 Å². The Kier molecular flexibility index (Phi) is 4.89. The molecule has 0 aliphatic heterocycles. The second kappa shape index (κ2) is 7.06. The van der Waals surface area contributed by atoms with Crippen molar-refractivity contribution in [3.8, 4) is 6.07 Å². The SMILES string of the molecule is CCC(NC(=O)/C(C#N)=C\c1cocn1)c1ccccc1. The van der Waals surface area contributed by atoms with E-state index >= 15 is 0 Å². The Hall–Kier alpha value is -2.87. The highest BCUT2D eigenvalue weighted by atomic mass is 16.3. The molecule has 0 aliphatic carbocycles. The molecule has 1 unspecified atom stereocenters. The molecule has 1 atom stereocenters. The first kappa shape index (κ1) is 14.5. The van der Waals surface area contributed by atoms with Crippen LogP contribution in [0.25, 0.3) is 6.08 Å². The van der Waals surface area contributed by atoms with Gasteiger partial charge in [-0.1, -0.05) is 37.3 Å². The average molecular weight is 281 g/mol. The molecule has 106 valence electrons. The normalized spacial score (nSPS) is 12.5. The molecule has 2 aromatic rings. The maximum absolute atomic E-state index is 12.2. The summed E-state index contributed by atoms with van der Waals surface area (Å²) in [4.78, 5) is 16.1. The van der Waals surface area contributed by atoms with Crippen molar-refractivity contribution in [1.29, 1.82) is 5.26 Å². The number of carbonyl (C=O) groups is 1. The Balaban J connectivity index is 2.14. The molecule has 1 amide bonds. The number of oxazole rings is 1. The van der Waals surface area contributed by atoms with Gasteiger partial charge in [-0.05, 0) is 18.1 Å². The number of hydrogen-bond acceptors (Lipinski definition) is 4. The van der Waals surface area contributed by atoms with Crippen LogP contribution in [0.15, 0.2) is 53.0 Å². The monoisotopic (exact) mass is 281 g/mol. The lowest BCUT2D eigenvalue weighted by atomic mass is 10.0. The topological polar surface area (TPSA) is 78.9 Å². The lowest BCUT2D eigenvalue weighted by molar-refractivity contribution is -0.117. The molecule has 2 rings (SSSR count). The lowest BCUT2D eigenvalue weighted by Crippen LogP contribution is -2.29. The molecule has 5 nitrogen and oxygen atoms in total. The van der Waals surface area contributed by atoms with Gasteiger partial charge in [-0.2, -0.15) is 5.26 Å². The van der Waals surface area contributed by atoms with Crippen LogP contribution in [0.4, 0.5) is 0 Å². The highest BCUT2D eigenvalue weighted by molar-refractivity contribution is 6.01. The van der Waals surface area contributed by atoms with Gasteiger partial charge in [0.05, 0.1) is 6.04 Å². The van der Waals surface area contributed by atoms with Gasteiger partial charge in [-0.25, -0.2) is 4.98 Å². The molecular formula is C16H15N3O2. The highest BCUT2D eigenvalue weighted by Gasteiger charge is 2.16. The number of nitriles is 1. The predicted octanol–water partition coefficient (Wildman–Crippen LogP) is 2.85. The van der Waals surface area contributed by atoms with E-state index in [1.807, 2.05) is 43.3 Å². The van der Waals surface area contributed by atoms with Crippen LogP contribution in [0.2, 0.25) is 0 Å². The van der Waals surface area contributed by atoms with Crippen molar-refractivity contribution >= 4 is 12.0 Å². The van der Waals surface area contributed by atoms with Crippen LogP contribution < -0.4 is 5.32 Å². The fraction of sp³-hybridized carbons (Fsp3) is 0.188. The Morgan fingerprint density at radius 2 is 2.24 bits per heavy atom. The van der Waals surface area contributed by atoms with Crippen LogP contribution in [-0.2, 0) is 4.79 Å². The van der Waals surface area contributed by atoms with E-state index in [1.54, 1.807) is 0 Å². The van der Waals surface area contributed by atoms with Crippen molar-refractivity contribution in [2.45, 2.75) is 19.4 Å². The third-order valence-corrected chi connectivity index (χ3v) is 3.02. The van der Waals surface area contributed by atoms with Crippen LogP contribution >= 0.6 is 0 Å². The van der Waals surface area contributed by atoms with E-state index < -0.39 is 5.91 Å². The van der Waals surface area contributed by atoms with E-state index in [0.29, 0.717) is 5.69 Å². The molecule has 0 bridgehead atoms. The summed E-state index contributed by atoms with van der Waals surface area (Å²) in [6, 6.07) is 11.4. The summed E-state index contributed by atoms with van der Waals surface area (Å²) in [6.07, 6.45) is 4.76. The van der Waals surface area contributed by atoms with Crippen LogP contribution in [-0.4, -0.2) is 10.9 Å². The molecule has 0 saturated heterocycles. The molecule has 0 aliphatic rings. The van der Waals surface area contributed by atoms with Crippen LogP contribution in [0.1, 0.15) is 30.6 Å². The highest BCUT2D eigenvalue weighted by Crippen LogP contribution is 2.16. The number of nitrogens with one attached hydrogen (secondary N) is 1. The summed E-state index contributed by atoms with van der Waals surface area (Å²) in [6.45, 7) is 1.98. The van der Waals surface area contributed by atoms with Gasteiger partial charge >= 0.3 is 0 Å². The predicted molar refractivity (Wildman–Crippen MR) is 77.7 cm³/mol. The maximum Gasteiger partial charge on any atom is 0.262 e. The van der Waals surface area contributed by atoms with Gasteiger partial charge in [0.25, 0.3) is 5.91 Å². The zero-order valence-corrected chi connectivity index (χ0v) is 11.6. The Morgan fingerprint density at radius 3 is 2.81 bits per heavy atom. The molecule has 1 heterocycles. The van der Waals surface area contributed by atoms with Crippen molar-refractivity contribution in [3.63, 3.8) is 0 Å². The number of amides is 1. The Morgan fingerprint density at radius 1 is 1.48 bits per heavy atom. The minimum absolute atomic E-state index is 0.00159. The molecule has 0 spiro atoms. The van der Waals surface area contributed by atoms with Gasteiger partial charge in [-0.15, -0.1) is 0 Å². The smallest absolute Gasteiger partial charge is 0.262 e. The number of aromatic nitrogens is 1. The van der Waals surface area contributed by atoms with E-state index in [9.17, 15) is 4.79 Å². The number of benzene rings is 1. The minimum atomic E-state index is -0.420. The van der Waals surface area contributed by atoms with Crippen LogP contribution in [0.5, 0.6) is 0 Å². The van der Waals surface area contributed by atoms with Crippen molar-refractivity contribution in [2.24, 2.45) is 0 Å². The quantitative estimate of drug-likeness (QED) is 0.675. The molecule has 0 radical (unpaired) electrons. The zero-order valence-electron chi connectivity index (χ0n) is 11.6. The van der Waals surface area contributed by atoms with Gasteiger partial charge in [0.2, 0.25) is 0 Å². The third-order valence-electron chi connectivity index (χ3n) is 3.02. The second-order valence-corrected chi connectivity index (χ2v) is 4.43. The van der Waals surface area contributed by atoms with E-state index in [-0.39, 0.29) is 11.6 Å². The van der Waals surface area contributed by atoms with Crippen molar-refractivity contribution in [2.75, 3.05) is 0 Å². The molecule has 1 aromatic heterocycles. The first-order valence-corrected chi connectivity index (χ1v) is 6.60. The molecular weight excluding hydrogens is 266 g/mol. The minimum Gasteiger partial charge on any atom is -0.451 e. The van der Waals surface area contributed by atoms with E-state index in [0.717, 1.165) is 12.0 Å². The lowest BCUT2D eigenvalue weighted by Gasteiger charge is -2.17. The fourth-order valence-electron chi connectivity index (χ4n) is 1.93. The Labute approximate surface area is 122 Å². The van der Waals surface area contributed by atoms with Crippen LogP contribution in [0, 0.1) is 11.3 Å². The summed E-state index contributed by atoms with van der Waals surface area (Å²) < 4.78 is 4.81. The van der Waals surface area contributed by atoms with E-state index in [4.69, 9.17) is 9.68 Å². The first-order chi connectivity index (χ1) is 10.2. The molecule has 21 heavy (non-hydrogen) atoms. The maximum atomic E-state index is 12.2. The van der Waals surface area contributed by atoms with Crippen molar-refractivity contribution in [1.82, 2.24) is 10.3 Å². The standard InChI is InChI=1S/C16H15N3O2/c1-2-15(12-6-4-3-5-7-12)19-16(20)13(9-17)8-14-10-21-11-18-14/h3-8,10-11,15H,2H2,1H3,(H,19,20)/b13-8-. The first-order valence-electron chi connectivity index (χ1n) is 6.60. The van der Waals surface area contributed by atoms with Gasteiger partial charge in [-0.3, -0.25) is 4.79 Å². The van der Waals surface area contributed by atoms with E-state index in [2.05, 4.69) is 10.3 Å². The molecule has 1 N–H and O–H groups in total. The Bertz CT molecular complexity index is 655. The number of carbonyl (C=O) groups excluding carboxylic acids is 1. The summed E-state index contributed by atoms with van der Waals surface area (Å²) in [5, 5.41) is 12.0. The number of rotatable bonds is 5. The molecule has 0 fully saturated rings. The fourth-order valence-corrected chi connectivity index (χ4v) is 1.93. The van der Waals surface area contributed by atoms with Gasteiger partial charge in [0, 0.05) is 0 Å². The molecule has 0 saturated carbocycles. The van der Waals surface area contributed by atoms with Crippen molar-refractivity contribution in [3.05, 3.63) is 59.8 Å². The van der Waals surface area contributed by atoms with Crippen LogP contribution in [0.3, 0.4) is 0 Å². The number of nitrogens with zero attached hydrogens (tertiary/aromatic N) is 2. The third kappa shape index (κ3) is 3.80. The van der Waals surface area contributed by atoms with E-state index in [1.165, 1.54) is 18.7 Å². The average Bonchev–Trinajstić information content (AvgIpc) is 3.04. The summed E-state index contributed by atoms with van der Waals surface area (Å²) in [5.74, 6) is -0.420. The second-order valence-electron chi connectivity index (χ2n) is 4.43. The largest absolute Gasteiger partial charge is 0.451 e. The number of hydrogen-bond donors (Lipinski definition) is 1. The zero-order chi connectivity index (χ0) is 15.1. The molecule has 5 heteroatoms. The van der Waals surface area contributed by atoms with Gasteiger partial charge < -0.3 is 9.73 Å². The summed E-state index contributed by atoms with van der Waals surface area (Å²) in [7, 11) is 0. The van der Waals surface area contributed by atoms with Gasteiger partial charge in [0.1, 0.15) is 23.6 Å². The van der Waals surface area contributed by atoms with Gasteiger partial charge in [0.15, 0.2) is 6.39 Å². The summed E-state index contributed by atoms with van der Waals surface area (Å²) >= 11 is 0.